The molecule has 174 valence electrons. The molecule has 0 atom stereocenters. The van der Waals surface area contributed by atoms with Crippen LogP contribution < -0.4 is 24.8 Å². The van der Waals surface area contributed by atoms with Crippen LogP contribution in [0.2, 0.25) is 5.02 Å². The molecule has 4 aromatic rings. The van der Waals surface area contributed by atoms with Crippen molar-refractivity contribution in [1.82, 2.24) is 4.98 Å². The lowest BCUT2D eigenvalue weighted by atomic mass is 10.2. The van der Waals surface area contributed by atoms with Crippen LogP contribution in [0.25, 0.3) is 10.9 Å². The van der Waals surface area contributed by atoms with E-state index in [1.54, 1.807) is 56.8 Å². The van der Waals surface area contributed by atoms with Crippen LogP contribution in [-0.2, 0) is 0 Å². The molecule has 2 N–H and O–H groups in total. The zero-order valence-corrected chi connectivity index (χ0v) is 20.3. The van der Waals surface area contributed by atoms with Crippen molar-refractivity contribution < 1.29 is 23.4 Å². The fourth-order valence-corrected chi connectivity index (χ4v) is 3.77. The first-order valence-corrected chi connectivity index (χ1v) is 11.1. The number of hydrogen-bond acceptors (Lipinski definition) is 5. The summed E-state index contributed by atoms with van der Waals surface area (Å²) in [5.41, 5.74) is 1.02. The van der Waals surface area contributed by atoms with Crippen molar-refractivity contribution in [2.75, 3.05) is 24.9 Å². The van der Waals surface area contributed by atoms with Gasteiger partial charge in [-0.3, -0.25) is 4.98 Å². The summed E-state index contributed by atoms with van der Waals surface area (Å²) in [5, 5.41) is 5.99. The summed E-state index contributed by atoms with van der Waals surface area (Å²) in [7, 11) is 3.10. The Morgan fingerprint density at radius 1 is 0.941 bits per heavy atom. The highest BCUT2D eigenvalue weighted by Gasteiger charge is 2.13. The maximum Gasteiger partial charge on any atom is 0.323 e. The molecular formula is C24H18BrClFN3O4. The van der Waals surface area contributed by atoms with E-state index >= 15 is 0 Å². The lowest BCUT2D eigenvalue weighted by Gasteiger charge is -2.14. The fourth-order valence-electron chi connectivity index (χ4n) is 3.19. The minimum atomic E-state index is -0.645. The second-order valence-electron chi connectivity index (χ2n) is 6.98. The van der Waals surface area contributed by atoms with Gasteiger partial charge in [0, 0.05) is 28.2 Å². The van der Waals surface area contributed by atoms with E-state index in [1.165, 1.54) is 18.2 Å². The Labute approximate surface area is 207 Å². The number of ether oxygens (including phenoxy) is 3. The van der Waals surface area contributed by atoms with Crippen LogP contribution >= 0.6 is 27.5 Å². The van der Waals surface area contributed by atoms with Crippen LogP contribution in [0.4, 0.5) is 20.6 Å². The number of carbonyl (C=O) groups is 1. The molecule has 0 aliphatic rings. The molecule has 0 aliphatic heterocycles. The Hall–Kier alpha value is -3.56. The molecule has 34 heavy (non-hydrogen) atoms. The molecule has 10 heteroatoms. The Kier molecular flexibility index (Phi) is 7.04. The first-order valence-electron chi connectivity index (χ1n) is 9.89. The second-order valence-corrected chi connectivity index (χ2v) is 8.30. The van der Waals surface area contributed by atoms with Gasteiger partial charge in [-0.15, -0.1) is 0 Å². The van der Waals surface area contributed by atoms with E-state index in [1.807, 2.05) is 0 Å². The Morgan fingerprint density at radius 3 is 2.41 bits per heavy atom. The van der Waals surface area contributed by atoms with Crippen LogP contribution in [0.3, 0.4) is 0 Å². The van der Waals surface area contributed by atoms with Crippen molar-refractivity contribution in [3.63, 3.8) is 0 Å². The van der Waals surface area contributed by atoms with Gasteiger partial charge in [-0.25, -0.2) is 9.18 Å². The third-order valence-electron chi connectivity index (χ3n) is 4.80. The molecular weight excluding hydrogens is 529 g/mol. The van der Waals surface area contributed by atoms with E-state index in [0.717, 1.165) is 0 Å². The highest BCUT2D eigenvalue weighted by atomic mass is 79.9. The summed E-state index contributed by atoms with van der Waals surface area (Å²) < 4.78 is 31.2. The molecule has 0 radical (unpaired) electrons. The molecule has 1 heterocycles. The second kappa shape index (κ2) is 10.1. The van der Waals surface area contributed by atoms with Crippen LogP contribution in [0.15, 0.2) is 65.3 Å². The highest BCUT2D eigenvalue weighted by Crippen LogP contribution is 2.38. The normalized spacial score (nSPS) is 10.6. The number of benzene rings is 3. The highest BCUT2D eigenvalue weighted by molar-refractivity contribution is 9.10. The number of methoxy groups -OCH3 is 2. The van der Waals surface area contributed by atoms with Gasteiger partial charge < -0.3 is 24.8 Å². The number of rotatable bonds is 6. The van der Waals surface area contributed by atoms with Crippen LogP contribution in [0.5, 0.6) is 23.0 Å². The summed E-state index contributed by atoms with van der Waals surface area (Å²) in [4.78, 5) is 16.7. The number of anilines is 2. The first-order chi connectivity index (χ1) is 16.4. The van der Waals surface area contributed by atoms with Gasteiger partial charge in [0.05, 0.1) is 36.1 Å². The molecule has 1 aromatic heterocycles. The van der Waals surface area contributed by atoms with Gasteiger partial charge in [0.15, 0.2) is 11.5 Å². The topological polar surface area (TPSA) is 81.7 Å². The van der Waals surface area contributed by atoms with Crippen molar-refractivity contribution in [3.8, 4) is 23.0 Å². The molecule has 0 saturated carbocycles. The number of pyridine rings is 1. The first kappa shape index (κ1) is 23.6. The Morgan fingerprint density at radius 2 is 1.68 bits per heavy atom. The predicted molar refractivity (Wildman–Crippen MR) is 133 cm³/mol. The molecule has 0 saturated heterocycles. The summed E-state index contributed by atoms with van der Waals surface area (Å²) in [6, 6.07) is 13.6. The molecule has 0 unspecified atom stereocenters. The lowest BCUT2D eigenvalue weighted by Crippen LogP contribution is -2.20. The number of carbonyl (C=O) groups excluding carboxylic acids is 1. The Balaban J connectivity index is 1.53. The molecule has 0 fully saturated rings. The Bertz CT molecular complexity index is 1390. The summed E-state index contributed by atoms with van der Waals surface area (Å²) in [6.45, 7) is 0. The van der Waals surface area contributed by atoms with Gasteiger partial charge in [0.1, 0.15) is 17.3 Å². The van der Waals surface area contributed by atoms with Crippen molar-refractivity contribution in [2.45, 2.75) is 0 Å². The van der Waals surface area contributed by atoms with Gasteiger partial charge in [0.25, 0.3) is 0 Å². The summed E-state index contributed by atoms with van der Waals surface area (Å²) >= 11 is 9.59. The van der Waals surface area contributed by atoms with Crippen LogP contribution in [-0.4, -0.2) is 25.2 Å². The third-order valence-corrected chi connectivity index (χ3v) is 5.61. The van der Waals surface area contributed by atoms with Gasteiger partial charge in [-0.05, 0) is 42.5 Å². The quantitative estimate of drug-likeness (QED) is 0.266. The molecule has 7 nitrogen and oxygen atoms in total. The number of amides is 2. The predicted octanol–water partition coefficient (Wildman–Crippen LogP) is 7.24. The van der Waals surface area contributed by atoms with Crippen molar-refractivity contribution in [2.24, 2.45) is 0 Å². The SMILES string of the molecule is COc1cc2nccc(Oc3ccc(NC(=O)Nc4cc(Br)ccc4F)c(Cl)c3)c2cc1OC. The van der Waals surface area contributed by atoms with Gasteiger partial charge in [-0.2, -0.15) is 0 Å². The van der Waals surface area contributed by atoms with Crippen molar-refractivity contribution in [3.05, 3.63) is 76.1 Å². The fraction of sp³-hybridized carbons (Fsp3) is 0.0833. The van der Waals surface area contributed by atoms with E-state index in [2.05, 4.69) is 31.5 Å². The lowest BCUT2D eigenvalue weighted by molar-refractivity contribution is 0.262. The molecule has 2 amide bonds. The molecule has 0 bridgehead atoms. The average molecular weight is 547 g/mol. The van der Waals surface area contributed by atoms with E-state index in [9.17, 15) is 9.18 Å². The maximum absolute atomic E-state index is 13.9. The number of aromatic nitrogens is 1. The van der Waals surface area contributed by atoms with Gasteiger partial charge >= 0.3 is 6.03 Å². The molecule has 3 aromatic carbocycles. The van der Waals surface area contributed by atoms with E-state index < -0.39 is 11.8 Å². The number of urea groups is 1. The average Bonchev–Trinajstić information content (AvgIpc) is 2.82. The van der Waals surface area contributed by atoms with E-state index in [0.29, 0.717) is 44.1 Å². The zero-order chi connectivity index (χ0) is 24.2. The third kappa shape index (κ3) is 5.16. The maximum atomic E-state index is 13.9. The number of fused-ring (bicyclic) bond motifs is 1. The molecule has 4 rings (SSSR count). The molecule has 0 spiro atoms. The number of halogens is 3. The van der Waals surface area contributed by atoms with Gasteiger partial charge in [-0.1, -0.05) is 27.5 Å². The molecule has 0 aliphatic carbocycles. The monoisotopic (exact) mass is 545 g/mol. The van der Waals surface area contributed by atoms with Crippen molar-refractivity contribution >= 4 is 55.8 Å². The van der Waals surface area contributed by atoms with E-state index in [-0.39, 0.29) is 10.7 Å². The minimum Gasteiger partial charge on any atom is -0.493 e. The minimum absolute atomic E-state index is 0.0274. The zero-order valence-electron chi connectivity index (χ0n) is 18.0. The standard InChI is InChI=1S/C24H18BrClFN3O4/c1-32-22-11-15-19(12-23(22)33-2)28-8-7-21(15)34-14-4-6-18(16(26)10-14)29-24(31)30-20-9-13(25)3-5-17(20)27/h3-12H,1-2H3,(H2,29,30,31). The van der Waals surface area contributed by atoms with Gasteiger partial charge in [0.2, 0.25) is 0 Å². The number of hydrogen-bond donors (Lipinski definition) is 2. The number of nitrogens with zero attached hydrogens (tertiary/aromatic N) is 1. The van der Waals surface area contributed by atoms with Crippen molar-refractivity contribution in [1.29, 1.82) is 0 Å². The largest absolute Gasteiger partial charge is 0.493 e. The van der Waals surface area contributed by atoms with E-state index in [4.69, 9.17) is 25.8 Å². The summed E-state index contributed by atoms with van der Waals surface area (Å²) in [6.07, 6.45) is 1.62. The van der Waals surface area contributed by atoms with Crippen LogP contribution in [0.1, 0.15) is 0 Å². The van der Waals surface area contributed by atoms with Crippen LogP contribution in [0, 0.1) is 5.82 Å². The number of nitrogens with one attached hydrogen (secondary N) is 2. The smallest absolute Gasteiger partial charge is 0.323 e. The summed E-state index contributed by atoms with van der Waals surface area (Å²) in [5.74, 6) is 1.51.